The minimum Gasteiger partial charge on any atom is -0.382 e. The Morgan fingerprint density at radius 2 is 1.87 bits per heavy atom. The molecule has 0 aliphatic heterocycles. The molecule has 1 unspecified atom stereocenters. The van der Waals surface area contributed by atoms with E-state index in [-0.39, 0.29) is 17.6 Å². The van der Waals surface area contributed by atoms with Gasteiger partial charge in [0.05, 0.1) is 25.6 Å². The van der Waals surface area contributed by atoms with Crippen molar-refractivity contribution in [2.24, 2.45) is 17.0 Å². The van der Waals surface area contributed by atoms with Gasteiger partial charge in [0, 0.05) is 7.11 Å². The maximum atomic E-state index is 10.9. The predicted molar refractivity (Wildman–Crippen MR) is 59.0 cm³/mol. The van der Waals surface area contributed by atoms with E-state index in [0.29, 0.717) is 19.8 Å². The second-order valence-corrected chi connectivity index (χ2v) is 5.56. The quantitative estimate of drug-likeness (QED) is 0.614. The summed E-state index contributed by atoms with van der Waals surface area (Å²) >= 11 is 0. The molecule has 0 heterocycles. The monoisotopic (exact) mass is 239 g/mol. The van der Waals surface area contributed by atoms with E-state index in [1.54, 1.807) is 7.11 Å². The van der Waals surface area contributed by atoms with Crippen molar-refractivity contribution in [2.45, 2.75) is 13.8 Å². The van der Waals surface area contributed by atoms with Crippen molar-refractivity contribution in [3.05, 3.63) is 0 Å². The zero-order chi connectivity index (χ0) is 11.9. The van der Waals surface area contributed by atoms with Crippen LogP contribution >= 0.6 is 0 Å². The van der Waals surface area contributed by atoms with Crippen LogP contribution in [0.5, 0.6) is 0 Å². The minimum absolute atomic E-state index is 0.0301. The highest BCUT2D eigenvalue weighted by atomic mass is 32.2. The molecule has 0 spiro atoms. The molecule has 2 N–H and O–H groups in total. The van der Waals surface area contributed by atoms with Gasteiger partial charge in [-0.25, -0.2) is 13.6 Å². The zero-order valence-corrected chi connectivity index (χ0v) is 10.4. The average Bonchev–Trinajstić information content (AvgIpc) is 2.08. The van der Waals surface area contributed by atoms with Crippen molar-refractivity contribution >= 4 is 10.0 Å². The Hall–Kier alpha value is -0.170. The number of hydrogen-bond acceptors (Lipinski definition) is 4. The molecule has 0 bridgehead atoms. The summed E-state index contributed by atoms with van der Waals surface area (Å²) in [6, 6.07) is 0. The molecule has 5 nitrogen and oxygen atoms in total. The Labute approximate surface area is 92.0 Å². The van der Waals surface area contributed by atoms with Crippen LogP contribution < -0.4 is 5.14 Å². The van der Waals surface area contributed by atoms with E-state index in [1.807, 2.05) is 13.8 Å². The number of sulfonamides is 1. The van der Waals surface area contributed by atoms with Gasteiger partial charge in [0.2, 0.25) is 10.0 Å². The molecule has 6 heteroatoms. The molecule has 0 aliphatic rings. The molecule has 0 aromatic rings. The zero-order valence-electron chi connectivity index (χ0n) is 9.60. The van der Waals surface area contributed by atoms with Gasteiger partial charge in [-0.3, -0.25) is 0 Å². The van der Waals surface area contributed by atoms with Gasteiger partial charge in [0.15, 0.2) is 0 Å². The molecule has 0 radical (unpaired) electrons. The first-order valence-corrected chi connectivity index (χ1v) is 6.65. The van der Waals surface area contributed by atoms with E-state index in [1.165, 1.54) is 0 Å². The third kappa shape index (κ3) is 8.80. The van der Waals surface area contributed by atoms with E-state index in [0.717, 1.165) is 0 Å². The van der Waals surface area contributed by atoms with Gasteiger partial charge in [-0.15, -0.1) is 0 Å². The molecule has 0 fully saturated rings. The molecule has 0 saturated carbocycles. The summed E-state index contributed by atoms with van der Waals surface area (Å²) in [6.45, 7) is 5.30. The summed E-state index contributed by atoms with van der Waals surface area (Å²) in [5, 5.41) is 5.00. The van der Waals surface area contributed by atoms with Crippen LogP contribution in [-0.4, -0.2) is 41.1 Å². The Morgan fingerprint density at radius 1 is 1.27 bits per heavy atom. The summed E-state index contributed by atoms with van der Waals surface area (Å²) < 4.78 is 32.0. The largest absolute Gasteiger partial charge is 0.382 e. The van der Waals surface area contributed by atoms with Gasteiger partial charge in [-0.1, -0.05) is 13.8 Å². The molecule has 92 valence electrons. The van der Waals surface area contributed by atoms with Crippen LogP contribution in [0.25, 0.3) is 0 Å². The van der Waals surface area contributed by atoms with E-state index >= 15 is 0 Å². The summed E-state index contributed by atoms with van der Waals surface area (Å²) in [7, 11) is -1.83. The highest BCUT2D eigenvalue weighted by Gasteiger charge is 2.19. The lowest BCUT2D eigenvalue weighted by Crippen LogP contribution is -2.29. The summed E-state index contributed by atoms with van der Waals surface area (Å²) in [5.74, 6) is 0.139. The summed E-state index contributed by atoms with van der Waals surface area (Å²) in [6.07, 6.45) is 0. The molecule has 0 aromatic heterocycles. The van der Waals surface area contributed by atoms with Gasteiger partial charge in [-0.05, 0) is 11.8 Å². The van der Waals surface area contributed by atoms with E-state index in [9.17, 15) is 8.42 Å². The van der Waals surface area contributed by atoms with E-state index in [4.69, 9.17) is 14.6 Å². The van der Waals surface area contributed by atoms with Crippen molar-refractivity contribution < 1.29 is 17.9 Å². The van der Waals surface area contributed by atoms with Crippen molar-refractivity contribution in [1.29, 1.82) is 0 Å². The smallest absolute Gasteiger partial charge is 0.209 e. The topological polar surface area (TPSA) is 78.6 Å². The van der Waals surface area contributed by atoms with E-state index in [2.05, 4.69) is 0 Å². The normalized spacial score (nSPS) is 14.5. The first-order chi connectivity index (χ1) is 6.87. The SMILES string of the molecule is COCCOCC(CS(N)(=O)=O)C(C)C. The third-order valence-electron chi connectivity index (χ3n) is 2.15. The van der Waals surface area contributed by atoms with Crippen LogP contribution in [0.4, 0.5) is 0 Å². The Bertz CT molecular complexity index is 251. The molecule has 0 saturated heterocycles. The fraction of sp³-hybridized carbons (Fsp3) is 1.00. The lowest BCUT2D eigenvalue weighted by molar-refractivity contribution is 0.0468. The van der Waals surface area contributed by atoms with Crippen LogP contribution in [0.15, 0.2) is 0 Å². The molecule has 0 aromatic carbocycles. The maximum Gasteiger partial charge on any atom is 0.209 e. The van der Waals surface area contributed by atoms with Crippen molar-refractivity contribution in [2.75, 3.05) is 32.7 Å². The number of methoxy groups -OCH3 is 1. The number of nitrogens with two attached hydrogens (primary N) is 1. The second-order valence-electron chi connectivity index (χ2n) is 3.90. The summed E-state index contributed by atoms with van der Waals surface area (Å²) in [5.41, 5.74) is 0. The standard InChI is InChI=1S/C9H21NO4S/c1-8(2)9(7-15(10,11)12)6-14-5-4-13-3/h8-9H,4-7H2,1-3H3,(H2,10,11,12). The third-order valence-corrected chi connectivity index (χ3v) is 3.05. The van der Waals surface area contributed by atoms with Crippen LogP contribution in [-0.2, 0) is 19.5 Å². The lowest BCUT2D eigenvalue weighted by atomic mass is 9.99. The number of rotatable bonds is 8. The van der Waals surface area contributed by atoms with Crippen LogP contribution in [0.2, 0.25) is 0 Å². The van der Waals surface area contributed by atoms with Crippen LogP contribution in [0, 0.1) is 11.8 Å². The molecule has 0 aliphatic carbocycles. The highest BCUT2D eigenvalue weighted by molar-refractivity contribution is 7.89. The Morgan fingerprint density at radius 3 is 2.27 bits per heavy atom. The molecule has 15 heavy (non-hydrogen) atoms. The molecule has 1 atom stereocenters. The van der Waals surface area contributed by atoms with Gasteiger partial charge in [0.25, 0.3) is 0 Å². The molecular weight excluding hydrogens is 218 g/mol. The van der Waals surface area contributed by atoms with Crippen LogP contribution in [0.1, 0.15) is 13.8 Å². The Balaban J connectivity index is 3.95. The number of hydrogen-bond donors (Lipinski definition) is 1. The maximum absolute atomic E-state index is 10.9. The van der Waals surface area contributed by atoms with Gasteiger partial charge >= 0.3 is 0 Å². The van der Waals surface area contributed by atoms with Crippen molar-refractivity contribution in [3.8, 4) is 0 Å². The number of ether oxygens (including phenoxy) is 2. The minimum atomic E-state index is -3.42. The Kier molecular flexibility index (Phi) is 7.08. The van der Waals surface area contributed by atoms with Crippen LogP contribution in [0.3, 0.4) is 0 Å². The first-order valence-electron chi connectivity index (χ1n) is 4.94. The average molecular weight is 239 g/mol. The highest BCUT2D eigenvalue weighted by Crippen LogP contribution is 2.12. The van der Waals surface area contributed by atoms with Crippen molar-refractivity contribution in [3.63, 3.8) is 0 Å². The fourth-order valence-electron chi connectivity index (χ4n) is 1.11. The van der Waals surface area contributed by atoms with Gasteiger partial charge in [-0.2, -0.15) is 0 Å². The molecular formula is C9H21NO4S. The lowest BCUT2D eigenvalue weighted by Gasteiger charge is -2.19. The molecule has 0 amide bonds. The van der Waals surface area contributed by atoms with Gasteiger partial charge < -0.3 is 9.47 Å². The van der Waals surface area contributed by atoms with E-state index < -0.39 is 10.0 Å². The predicted octanol–water partition coefficient (Wildman–Crippen LogP) is 0.210. The fourth-order valence-corrected chi connectivity index (χ4v) is 2.19. The van der Waals surface area contributed by atoms with Crippen molar-refractivity contribution in [1.82, 2.24) is 0 Å². The molecule has 0 rings (SSSR count). The summed E-state index contributed by atoms with van der Waals surface area (Å²) in [4.78, 5) is 0. The second kappa shape index (κ2) is 7.16. The number of primary sulfonamides is 1. The first kappa shape index (κ1) is 14.8. The van der Waals surface area contributed by atoms with Gasteiger partial charge in [0.1, 0.15) is 0 Å².